The Morgan fingerprint density at radius 2 is 1.67 bits per heavy atom. The lowest BCUT2D eigenvalue weighted by atomic mass is 9.85. The van der Waals surface area contributed by atoms with Gasteiger partial charge in [0.25, 0.3) is 5.56 Å². The molecule has 0 saturated carbocycles. The van der Waals surface area contributed by atoms with Gasteiger partial charge in [-0.3, -0.25) is 14.4 Å². The Labute approximate surface area is 201 Å². The quantitative estimate of drug-likeness (QED) is 0.168. The van der Waals surface area contributed by atoms with E-state index in [0.29, 0.717) is 5.52 Å². The zero-order valence-corrected chi connectivity index (χ0v) is 18.4. The minimum absolute atomic E-state index is 0.0253. The van der Waals surface area contributed by atoms with E-state index < -0.39 is 34.4 Å². The Morgan fingerprint density at radius 1 is 0.861 bits per heavy atom. The molecule has 1 aliphatic rings. The fourth-order valence-electron chi connectivity index (χ4n) is 4.67. The number of benzene rings is 3. The van der Waals surface area contributed by atoms with Crippen LogP contribution in [0.4, 0.5) is 0 Å². The van der Waals surface area contributed by atoms with E-state index in [2.05, 4.69) is 4.98 Å². The molecule has 0 aliphatic carbocycles. The second-order valence-corrected chi connectivity index (χ2v) is 8.56. The van der Waals surface area contributed by atoms with E-state index in [4.69, 9.17) is 9.15 Å². The minimum Gasteiger partial charge on any atom is -0.507 e. The fourth-order valence-corrected chi connectivity index (χ4v) is 4.67. The maximum absolute atomic E-state index is 13.1. The summed E-state index contributed by atoms with van der Waals surface area (Å²) in [5.41, 5.74) is 0.407. The topological polar surface area (TPSA) is 150 Å². The number of esters is 1. The number of ether oxygens (including phenoxy) is 1. The molecule has 1 unspecified atom stereocenters. The van der Waals surface area contributed by atoms with Gasteiger partial charge >= 0.3 is 5.97 Å². The molecule has 5 aromatic rings. The van der Waals surface area contributed by atoms with Gasteiger partial charge in [-0.25, -0.2) is 0 Å². The van der Waals surface area contributed by atoms with Gasteiger partial charge in [-0.05, 0) is 35.7 Å². The molecule has 6 rings (SSSR count). The molecule has 1 aliphatic heterocycles. The van der Waals surface area contributed by atoms with Gasteiger partial charge in [0.2, 0.25) is 0 Å². The van der Waals surface area contributed by atoms with Crippen LogP contribution in [0, 0.1) is 0 Å². The summed E-state index contributed by atoms with van der Waals surface area (Å²) in [6.45, 7) is 0. The number of fused-ring (bicyclic) bond motifs is 4. The summed E-state index contributed by atoms with van der Waals surface area (Å²) >= 11 is 0. The second-order valence-electron chi connectivity index (χ2n) is 8.56. The van der Waals surface area contributed by atoms with Crippen molar-refractivity contribution in [3.8, 4) is 34.3 Å². The summed E-state index contributed by atoms with van der Waals surface area (Å²) in [6, 6.07) is 15.1. The van der Waals surface area contributed by atoms with Crippen molar-refractivity contribution in [1.82, 2.24) is 4.98 Å². The first-order chi connectivity index (χ1) is 17.3. The van der Waals surface area contributed by atoms with Crippen LogP contribution in [0.2, 0.25) is 0 Å². The number of pyridine rings is 1. The molecule has 0 fully saturated rings. The van der Waals surface area contributed by atoms with Crippen molar-refractivity contribution in [3.63, 3.8) is 0 Å². The molecule has 4 N–H and O–H groups in total. The van der Waals surface area contributed by atoms with Gasteiger partial charge in [0.1, 0.15) is 28.2 Å². The average Bonchev–Trinajstić information content (AvgIpc) is 2.84. The molecular weight excluding hydrogens is 466 g/mol. The largest absolute Gasteiger partial charge is 0.507 e. The van der Waals surface area contributed by atoms with E-state index in [0.717, 1.165) is 11.5 Å². The van der Waals surface area contributed by atoms with Crippen LogP contribution >= 0.6 is 0 Å². The summed E-state index contributed by atoms with van der Waals surface area (Å²) in [7, 11) is 0. The SMILES string of the molecule is O=C1CC(c2cc3ccccc3[nH]c2=O)c2c(cc(O)c3c(=O)cc(-c4ccc(O)c(O)c4)oc23)O1. The van der Waals surface area contributed by atoms with Gasteiger partial charge in [0, 0.05) is 40.3 Å². The van der Waals surface area contributed by atoms with Crippen LogP contribution in [-0.4, -0.2) is 26.3 Å². The van der Waals surface area contributed by atoms with Gasteiger partial charge in [-0.1, -0.05) is 18.2 Å². The van der Waals surface area contributed by atoms with Crippen LogP contribution in [0.1, 0.15) is 23.5 Å². The lowest BCUT2D eigenvalue weighted by Crippen LogP contribution is -2.26. The highest BCUT2D eigenvalue weighted by atomic mass is 16.5. The van der Waals surface area contributed by atoms with E-state index >= 15 is 0 Å². The van der Waals surface area contributed by atoms with Gasteiger partial charge in [-0.2, -0.15) is 0 Å². The first kappa shape index (κ1) is 21.5. The van der Waals surface area contributed by atoms with Crippen molar-refractivity contribution >= 4 is 27.8 Å². The zero-order chi connectivity index (χ0) is 25.1. The average molecular weight is 483 g/mol. The number of aromatic nitrogens is 1. The van der Waals surface area contributed by atoms with E-state index in [9.17, 15) is 29.7 Å². The third-order valence-corrected chi connectivity index (χ3v) is 6.34. The Kier molecular flexibility index (Phi) is 4.62. The molecule has 9 heteroatoms. The maximum atomic E-state index is 13.1. The second kappa shape index (κ2) is 7.74. The first-order valence-corrected chi connectivity index (χ1v) is 11.0. The van der Waals surface area contributed by atoms with Crippen molar-refractivity contribution in [3.05, 3.63) is 92.4 Å². The number of hydrogen-bond donors (Lipinski definition) is 4. The van der Waals surface area contributed by atoms with Gasteiger partial charge in [0.15, 0.2) is 16.9 Å². The van der Waals surface area contributed by atoms with Crippen molar-refractivity contribution < 1.29 is 29.3 Å². The Hall–Kier alpha value is -5.05. The molecular formula is C27H17NO8. The third kappa shape index (κ3) is 3.29. The number of carbonyl (C=O) groups excluding carboxylic acids is 1. The van der Waals surface area contributed by atoms with Gasteiger partial charge in [-0.15, -0.1) is 0 Å². The lowest BCUT2D eigenvalue weighted by Gasteiger charge is -2.25. The van der Waals surface area contributed by atoms with E-state index in [1.807, 2.05) is 12.1 Å². The number of aromatic amines is 1. The van der Waals surface area contributed by atoms with Crippen LogP contribution < -0.4 is 15.7 Å². The van der Waals surface area contributed by atoms with Gasteiger partial charge < -0.3 is 29.5 Å². The molecule has 0 spiro atoms. The molecule has 0 amide bonds. The molecule has 36 heavy (non-hydrogen) atoms. The Balaban J connectivity index is 1.66. The number of rotatable bonds is 2. The molecule has 3 aromatic carbocycles. The number of hydrogen-bond acceptors (Lipinski definition) is 8. The van der Waals surface area contributed by atoms with E-state index in [1.54, 1.807) is 18.2 Å². The maximum Gasteiger partial charge on any atom is 0.312 e. The van der Waals surface area contributed by atoms with Crippen LogP contribution in [-0.2, 0) is 4.79 Å². The third-order valence-electron chi connectivity index (χ3n) is 6.34. The predicted octanol–water partition coefficient (Wildman–Crippen LogP) is 3.86. The van der Waals surface area contributed by atoms with Crippen LogP contribution in [0.5, 0.6) is 23.0 Å². The fraction of sp³-hybridized carbons (Fsp3) is 0.0741. The van der Waals surface area contributed by atoms with Crippen LogP contribution in [0.15, 0.2) is 74.7 Å². The number of H-pyrrole nitrogens is 1. The van der Waals surface area contributed by atoms with Crippen molar-refractivity contribution in [1.29, 1.82) is 0 Å². The molecule has 0 saturated heterocycles. The predicted molar refractivity (Wildman–Crippen MR) is 130 cm³/mol. The molecule has 9 nitrogen and oxygen atoms in total. The highest BCUT2D eigenvalue weighted by Crippen LogP contribution is 2.45. The summed E-state index contributed by atoms with van der Waals surface area (Å²) < 4.78 is 11.4. The molecule has 2 aromatic heterocycles. The molecule has 178 valence electrons. The first-order valence-electron chi connectivity index (χ1n) is 11.0. The number of nitrogens with one attached hydrogen (secondary N) is 1. The number of phenolic OH excluding ortho intramolecular Hbond substituents is 3. The highest BCUT2D eigenvalue weighted by molar-refractivity contribution is 5.93. The number of phenols is 3. The summed E-state index contributed by atoms with van der Waals surface area (Å²) in [4.78, 5) is 41.5. The minimum atomic E-state index is -0.829. The van der Waals surface area contributed by atoms with Crippen LogP contribution in [0.25, 0.3) is 33.2 Å². The number of carbonyl (C=O) groups is 1. The number of para-hydroxylation sites is 1. The van der Waals surface area contributed by atoms with E-state index in [-0.39, 0.29) is 51.3 Å². The smallest absolute Gasteiger partial charge is 0.312 e. The zero-order valence-electron chi connectivity index (χ0n) is 18.4. The Bertz CT molecular complexity index is 1850. The summed E-state index contributed by atoms with van der Waals surface area (Å²) in [6.07, 6.45) is -0.192. The van der Waals surface area contributed by atoms with Crippen molar-refractivity contribution in [2.24, 2.45) is 0 Å². The van der Waals surface area contributed by atoms with Gasteiger partial charge in [0.05, 0.1) is 6.42 Å². The summed E-state index contributed by atoms with van der Waals surface area (Å²) in [5.74, 6) is -2.63. The highest BCUT2D eigenvalue weighted by Gasteiger charge is 2.35. The standard InChI is InChI=1S/C27H17NO8/c29-17-6-5-13(8-18(17)30)21-10-19(31)25-20(32)11-22-24(26(25)36-21)14(9-23(33)35-22)15-7-12-3-1-2-4-16(12)28-27(15)34/h1-8,10-11,14,29-30,32H,9H2,(H,28,34). The molecule has 0 bridgehead atoms. The molecule has 1 atom stereocenters. The molecule has 0 radical (unpaired) electrons. The van der Waals surface area contributed by atoms with Crippen molar-refractivity contribution in [2.45, 2.75) is 12.3 Å². The van der Waals surface area contributed by atoms with Crippen molar-refractivity contribution in [2.75, 3.05) is 0 Å². The normalized spacial score (nSPS) is 15.1. The van der Waals surface area contributed by atoms with E-state index in [1.165, 1.54) is 24.3 Å². The lowest BCUT2D eigenvalue weighted by molar-refractivity contribution is -0.135. The number of aromatic hydroxyl groups is 3. The monoisotopic (exact) mass is 483 g/mol. The van der Waals surface area contributed by atoms with Crippen LogP contribution in [0.3, 0.4) is 0 Å². The molecule has 3 heterocycles. The Morgan fingerprint density at radius 3 is 2.47 bits per heavy atom. The summed E-state index contributed by atoms with van der Waals surface area (Å²) in [5, 5.41) is 30.8.